The highest BCUT2D eigenvalue weighted by atomic mass is 35.5. The summed E-state index contributed by atoms with van der Waals surface area (Å²) in [5.74, 6) is 0.977. The van der Waals surface area contributed by atoms with Crippen LogP contribution in [0.5, 0.6) is 0 Å². The van der Waals surface area contributed by atoms with Gasteiger partial charge in [-0.2, -0.15) is 5.10 Å². The Kier molecular flexibility index (Phi) is 10.2. The van der Waals surface area contributed by atoms with Gasteiger partial charge >= 0.3 is 0 Å². The van der Waals surface area contributed by atoms with Gasteiger partial charge in [0, 0.05) is 69.5 Å². The van der Waals surface area contributed by atoms with Gasteiger partial charge in [0.15, 0.2) is 0 Å². The van der Waals surface area contributed by atoms with E-state index in [1.54, 1.807) is 0 Å². The fourth-order valence-corrected chi connectivity index (χ4v) is 5.14. The van der Waals surface area contributed by atoms with Crippen LogP contribution in [0.25, 0.3) is 0 Å². The number of aryl methyl sites for hydroxylation is 2. The van der Waals surface area contributed by atoms with Crippen LogP contribution in [0.2, 0.25) is 0 Å². The van der Waals surface area contributed by atoms with Crippen molar-refractivity contribution in [2.75, 3.05) is 26.2 Å². The Labute approximate surface area is 193 Å². The first-order chi connectivity index (χ1) is 12.5. The summed E-state index contributed by atoms with van der Waals surface area (Å²) in [6, 6.07) is 1.35. The average molecular weight is 469 g/mol. The van der Waals surface area contributed by atoms with Gasteiger partial charge in [0.1, 0.15) is 0 Å². The number of carbonyl (C=O) groups excluding carboxylic acids is 1. The quantitative estimate of drug-likeness (QED) is 0.738. The van der Waals surface area contributed by atoms with Crippen molar-refractivity contribution in [2.45, 2.75) is 64.6 Å². The maximum atomic E-state index is 12.8. The second-order valence-electron chi connectivity index (χ2n) is 8.61. The van der Waals surface area contributed by atoms with Crippen LogP contribution in [0.3, 0.4) is 0 Å². The number of rotatable bonds is 4. The number of piperazine rings is 1. The zero-order chi connectivity index (χ0) is 18.3. The lowest BCUT2D eigenvalue weighted by Gasteiger charge is -2.36. The smallest absolute Gasteiger partial charge is 0.222 e. The topological polar surface area (TPSA) is 53.4 Å². The summed E-state index contributed by atoms with van der Waals surface area (Å²) in [7, 11) is 2.01. The van der Waals surface area contributed by atoms with Gasteiger partial charge in [0.05, 0.1) is 5.69 Å². The Bertz CT molecular complexity index is 663. The Morgan fingerprint density at radius 1 is 1.03 bits per heavy atom. The number of fused-ring (bicyclic) bond motifs is 2. The third kappa shape index (κ3) is 6.01. The Morgan fingerprint density at radius 2 is 1.62 bits per heavy atom. The predicted octanol–water partition coefficient (Wildman–Crippen LogP) is 2.87. The van der Waals surface area contributed by atoms with Crippen LogP contribution in [0, 0.1) is 19.8 Å². The zero-order valence-electron chi connectivity index (χ0n) is 17.7. The van der Waals surface area contributed by atoms with Crippen molar-refractivity contribution in [3.05, 3.63) is 17.0 Å². The molecule has 0 aromatic carbocycles. The Hall–Kier alpha value is -0.530. The van der Waals surface area contributed by atoms with Crippen molar-refractivity contribution in [2.24, 2.45) is 13.0 Å². The maximum absolute atomic E-state index is 12.8. The van der Waals surface area contributed by atoms with Gasteiger partial charge in [-0.1, -0.05) is 0 Å². The van der Waals surface area contributed by atoms with Crippen molar-refractivity contribution in [1.82, 2.24) is 24.9 Å². The number of halogens is 3. The van der Waals surface area contributed by atoms with E-state index in [0.717, 1.165) is 44.8 Å². The molecule has 3 aliphatic heterocycles. The second-order valence-corrected chi connectivity index (χ2v) is 8.61. The molecule has 4 rings (SSSR count). The van der Waals surface area contributed by atoms with Gasteiger partial charge in [-0.15, -0.1) is 37.2 Å². The van der Waals surface area contributed by atoms with E-state index in [1.807, 2.05) is 11.7 Å². The van der Waals surface area contributed by atoms with Crippen LogP contribution < -0.4 is 5.32 Å². The van der Waals surface area contributed by atoms with Crippen molar-refractivity contribution < 1.29 is 4.79 Å². The molecule has 6 nitrogen and oxygen atoms in total. The van der Waals surface area contributed by atoms with Crippen LogP contribution in [-0.2, 0) is 18.4 Å². The van der Waals surface area contributed by atoms with Gasteiger partial charge in [0.2, 0.25) is 5.91 Å². The van der Waals surface area contributed by atoms with E-state index in [2.05, 4.69) is 34.1 Å². The summed E-state index contributed by atoms with van der Waals surface area (Å²) < 4.78 is 1.97. The highest BCUT2D eigenvalue weighted by Gasteiger charge is 2.35. The molecule has 0 radical (unpaired) electrons. The van der Waals surface area contributed by atoms with Gasteiger partial charge in [-0.25, -0.2) is 0 Å². The number of carbonyl (C=O) groups is 1. The summed E-state index contributed by atoms with van der Waals surface area (Å²) in [5, 5.41) is 8.20. The number of aromatic nitrogens is 2. The zero-order valence-corrected chi connectivity index (χ0v) is 20.2. The number of nitrogens with one attached hydrogen (secondary N) is 1. The highest BCUT2D eigenvalue weighted by molar-refractivity contribution is 5.86. The summed E-state index contributed by atoms with van der Waals surface area (Å²) >= 11 is 0. The van der Waals surface area contributed by atoms with Crippen LogP contribution in [0.4, 0.5) is 0 Å². The average Bonchev–Trinajstić information content (AvgIpc) is 3.08. The molecule has 2 bridgehead atoms. The molecule has 3 fully saturated rings. The van der Waals surface area contributed by atoms with Crippen molar-refractivity contribution in [3.63, 3.8) is 0 Å². The summed E-state index contributed by atoms with van der Waals surface area (Å²) in [6.07, 6.45) is 5.77. The predicted molar refractivity (Wildman–Crippen MR) is 124 cm³/mol. The number of hydrogen-bond acceptors (Lipinski definition) is 4. The van der Waals surface area contributed by atoms with Gasteiger partial charge < -0.3 is 10.2 Å². The maximum Gasteiger partial charge on any atom is 0.222 e. The fraction of sp³-hybridized carbons (Fsp3) is 0.800. The Morgan fingerprint density at radius 3 is 2.14 bits per heavy atom. The largest absolute Gasteiger partial charge is 0.340 e. The summed E-state index contributed by atoms with van der Waals surface area (Å²) in [4.78, 5) is 17.3. The van der Waals surface area contributed by atoms with Gasteiger partial charge in [-0.3, -0.25) is 14.4 Å². The molecule has 1 aromatic rings. The van der Waals surface area contributed by atoms with E-state index in [0.29, 0.717) is 23.9 Å². The summed E-state index contributed by atoms with van der Waals surface area (Å²) in [5.41, 5.74) is 3.73. The molecule has 4 heterocycles. The first-order valence-electron chi connectivity index (χ1n) is 10.2. The lowest BCUT2D eigenvalue weighted by Crippen LogP contribution is -2.49. The first kappa shape index (κ1) is 26.5. The molecular formula is C20H36Cl3N5O. The number of piperidine rings is 1. The molecule has 2 atom stereocenters. The molecule has 29 heavy (non-hydrogen) atoms. The lowest BCUT2D eigenvalue weighted by atomic mass is 9.89. The van der Waals surface area contributed by atoms with E-state index in [1.165, 1.54) is 36.9 Å². The summed E-state index contributed by atoms with van der Waals surface area (Å²) in [6.45, 7) is 8.86. The third-order valence-corrected chi connectivity index (χ3v) is 6.80. The molecule has 9 heteroatoms. The molecule has 3 aliphatic rings. The van der Waals surface area contributed by atoms with Gasteiger partial charge in [0.25, 0.3) is 0 Å². The molecule has 1 N–H and O–H groups in total. The third-order valence-electron chi connectivity index (χ3n) is 6.80. The minimum atomic E-state index is 0. The molecule has 0 spiro atoms. The van der Waals surface area contributed by atoms with Crippen LogP contribution in [0.15, 0.2) is 0 Å². The van der Waals surface area contributed by atoms with Crippen molar-refractivity contribution in [1.29, 1.82) is 0 Å². The first-order valence-corrected chi connectivity index (χ1v) is 10.2. The minimum absolute atomic E-state index is 0. The molecule has 0 aliphatic carbocycles. The van der Waals surface area contributed by atoms with E-state index in [4.69, 9.17) is 0 Å². The number of nitrogens with zero attached hydrogens (tertiary/aromatic N) is 4. The molecule has 168 valence electrons. The van der Waals surface area contributed by atoms with Crippen LogP contribution >= 0.6 is 37.2 Å². The Balaban J connectivity index is 0.00000140. The molecule has 1 amide bonds. The van der Waals surface area contributed by atoms with E-state index < -0.39 is 0 Å². The van der Waals surface area contributed by atoms with E-state index >= 15 is 0 Å². The van der Waals surface area contributed by atoms with Crippen molar-refractivity contribution in [3.8, 4) is 0 Å². The normalized spacial score (nSPS) is 26.3. The molecular weight excluding hydrogens is 433 g/mol. The molecule has 3 saturated heterocycles. The van der Waals surface area contributed by atoms with Crippen molar-refractivity contribution >= 4 is 43.1 Å². The lowest BCUT2D eigenvalue weighted by molar-refractivity contribution is -0.134. The number of amides is 1. The molecule has 0 saturated carbocycles. The number of hydrogen-bond donors (Lipinski definition) is 1. The van der Waals surface area contributed by atoms with E-state index in [9.17, 15) is 4.79 Å². The van der Waals surface area contributed by atoms with Gasteiger partial charge in [-0.05, 0) is 45.4 Å². The minimum Gasteiger partial charge on any atom is -0.340 e. The standard InChI is InChI=1S/C20H33N5O.3ClH/c1-14-19(15(2)23(3)22-14)13-24-6-8-25(9-7-24)20(26)12-16-10-17-4-5-18(11-16)21-17;;;/h16-18,21H,4-13H2,1-3H3;3*1H. The fourth-order valence-electron chi connectivity index (χ4n) is 5.14. The van der Waals surface area contributed by atoms with E-state index in [-0.39, 0.29) is 37.2 Å². The highest BCUT2D eigenvalue weighted by Crippen LogP contribution is 2.33. The molecule has 1 aromatic heterocycles. The van der Waals surface area contributed by atoms with Crippen LogP contribution in [-0.4, -0.2) is 63.8 Å². The van der Waals surface area contributed by atoms with Crippen LogP contribution in [0.1, 0.15) is 49.1 Å². The monoisotopic (exact) mass is 467 g/mol. The second kappa shape index (κ2) is 11.2. The SMILES string of the molecule is Cc1nn(C)c(C)c1CN1CCN(C(=O)CC2CC3CCC(C2)N3)CC1.Cl.Cl.Cl. The molecule has 2 unspecified atom stereocenters.